The molecule has 0 saturated carbocycles. The van der Waals surface area contributed by atoms with Gasteiger partial charge in [0, 0.05) is 10.6 Å². The van der Waals surface area contributed by atoms with E-state index in [1.54, 1.807) is 16.8 Å². The van der Waals surface area contributed by atoms with Gasteiger partial charge in [-0.25, -0.2) is 4.68 Å². The normalized spacial score (nSPS) is 10.8. The average molecular weight is 374 g/mol. The first-order valence-electron chi connectivity index (χ1n) is 5.87. The third kappa shape index (κ3) is 3.00. The van der Waals surface area contributed by atoms with Crippen LogP contribution in [0.4, 0.5) is 0 Å². The van der Waals surface area contributed by atoms with Crippen molar-refractivity contribution >= 4 is 58.4 Å². The van der Waals surface area contributed by atoms with Gasteiger partial charge in [-0.3, -0.25) is 0 Å². The lowest BCUT2D eigenvalue weighted by molar-refractivity contribution is 0.875. The highest BCUT2D eigenvalue weighted by Crippen LogP contribution is 2.34. The molecule has 0 unspecified atom stereocenters. The van der Waals surface area contributed by atoms with Crippen molar-refractivity contribution in [1.82, 2.24) is 9.78 Å². The van der Waals surface area contributed by atoms with Crippen molar-refractivity contribution in [3.05, 3.63) is 61.5 Å². The molecule has 0 spiro atoms. The number of nitrogens with zero attached hydrogens (tertiary/aromatic N) is 2. The van der Waals surface area contributed by atoms with Crippen LogP contribution in [-0.4, -0.2) is 9.78 Å². The molecule has 0 N–H and O–H groups in total. The number of rotatable bonds is 2. The summed E-state index contributed by atoms with van der Waals surface area (Å²) in [4.78, 5) is 0. The molecule has 3 aromatic rings. The van der Waals surface area contributed by atoms with Crippen LogP contribution < -0.4 is 0 Å². The average Bonchev–Trinajstić information content (AvgIpc) is 2.81. The number of aromatic nitrogens is 2. The lowest BCUT2D eigenvalue weighted by Gasteiger charge is -2.07. The van der Waals surface area contributed by atoms with Gasteiger partial charge in [-0.2, -0.15) is 5.10 Å². The summed E-state index contributed by atoms with van der Waals surface area (Å²) in [6, 6.07) is 13.0. The van der Waals surface area contributed by atoms with Gasteiger partial charge in [0.05, 0.1) is 10.0 Å². The first kappa shape index (κ1) is 15.0. The van der Waals surface area contributed by atoms with E-state index in [0.29, 0.717) is 24.7 Å². The zero-order valence-corrected chi connectivity index (χ0v) is 14.3. The predicted octanol–water partition coefficient (Wildman–Crippen LogP) is 6.29. The van der Waals surface area contributed by atoms with E-state index in [2.05, 4.69) is 5.10 Å². The molecule has 2 aromatic carbocycles. The molecule has 0 aliphatic heterocycles. The van der Waals surface area contributed by atoms with Crippen LogP contribution in [0.3, 0.4) is 0 Å². The van der Waals surface area contributed by atoms with Gasteiger partial charge in [0.2, 0.25) is 0 Å². The van der Waals surface area contributed by atoms with Gasteiger partial charge in [-0.05, 0) is 24.4 Å². The topological polar surface area (TPSA) is 17.8 Å². The van der Waals surface area contributed by atoms with Gasteiger partial charge >= 0.3 is 0 Å². The Morgan fingerprint density at radius 1 is 1.00 bits per heavy atom. The highest BCUT2D eigenvalue weighted by molar-refractivity contribution is 7.73. The fraction of sp³-hybridized carbons (Fsp3) is 0. The molecule has 21 heavy (non-hydrogen) atoms. The number of benzene rings is 2. The quantitative estimate of drug-likeness (QED) is 0.491. The fourth-order valence-electron chi connectivity index (χ4n) is 1.85. The smallest absolute Gasteiger partial charge is 0.184 e. The molecule has 0 atom stereocenters. The number of hydrogen-bond acceptors (Lipinski definition) is 3. The number of halogens is 3. The molecular weight excluding hydrogens is 367 g/mol. The van der Waals surface area contributed by atoms with Crippen LogP contribution in [0.25, 0.3) is 16.3 Å². The highest BCUT2D eigenvalue weighted by Gasteiger charge is 2.14. The van der Waals surface area contributed by atoms with Gasteiger partial charge in [0.15, 0.2) is 3.95 Å². The standard InChI is InChI=1S/C14H7Cl3N2S2/c15-9-6-10(16)12(11(17)7-9)19-14(20)21-13(18-19)8-4-2-1-3-5-8/h1-7H. The van der Waals surface area contributed by atoms with Crippen molar-refractivity contribution < 1.29 is 0 Å². The third-order valence-corrected chi connectivity index (χ3v) is 4.84. The first-order valence-corrected chi connectivity index (χ1v) is 8.22. The maximum atomic E-state index is 6.23. The zero-order chi connectivity index (χ0) is 15.0. The van der Waals surface area contributed by atoms with Crippen LogP contribution in [0, 0.1) is 3.95 Å². The van der Waals surface area contributed by atoms with Crippen LogP contribution in [0.1, 0.15) is 0 Å². The largest absolute Gasteiger partial charge is 0.208 e. The number of hydrogen-bond donors (Lipinski definition) is 0. The van der Waals surface area contributed by atoms with Gasteiger partial charge in [0.25, 0.3) is 0 Å². The molecule has 0 aliphatic carbocycles. The fourth-order valence-corrected chi connectivity index (χ4v) is 3.96. The van der Waals surface area contributed by atoms with E-state index < -0.39 is 0 Å². The van der Waals surface area contributed by atoms with E-state index >= 15 is 0 Å². The van der Waals surface area contributed by atoms with E-state index in [4.69, 9.17) is 47.0 Å². The van der Waals surface area contributed by atoms with Gasteiger partial charge < -0.3 is 0 Å². The Kier molecular flexibility index (Phi) is 4.33. The Balaban J connectivity index is 2.18. The van der Waals surface area contributed by atoms with Crippen molar-refractivity contribution in [1.29, 1.82) is 0 Å². The van der Waals surface area contributed by atoms with Crippen LogP contribution in [0.15, 0.2) is 42.5 Å². The molecule has 2 nitrogen and oxygen atoms in total. The van der Waals surface area contributed by atoms with Crippen LogP contribution in [0.5, 0.6) is 0 Å². The van der Waals surface area contributed by atoms with Crippen LogP contribution >= 0.6 is 58.4 Å². The minimum atomic E-state index is 0.411. The molecule has 106 valence electrons. The van der Waals surface area contributed by atoms with E-state index in [0.717, 1.165) is 10.6 Å². The van der Waals surface area contributed by atoms with Crippen molar-refractivity contribution in [2.24, 2.45) is 0 Å². The summed E-state index contributed by atoms with van der Waals surface area (Å²) in [6.07, 6.45) is 0. The second kappa shape index (κ2) is 6.07. The molecule has 1 heterocycles. The maximum Gasteiger partial charge on any atom is 0.184 e. The van der Waals surface area contributed by atoms with Crippen LogP contribution in [-0.2, 0) is 0 Å². The molecule has 0 saturated heterocycles. The van der Waals surface area contributed by atoms with E-state index in [-0.39, 0.29) is 0 Å². The van der Waals surface area contributed by atoms with Crippen molar-refractivity contribution in [2.75, 3.05) is 0 Å². The Hall–Kier alpha value is -0.910. The summed E-state index contributed by atoms with van der Waals surface area (Å²) < 4.78 is 2.14. The van der Waals surface area contributed by atoms with Gasteiger partial charge in [-0.15, -0.1) is 0 Å². The molecule has 1 aromatic heterocycles. The van der Waals surface area contributed by atoms with Crippen LogP contribution in [0.2, 0.25) is 15.1 Å². The molecule has 0 bridgehead atoms. The van der Waals surface area contributed by atoms with E-state index in [1.807, 2.05) is 30.3 Å². The summed E-state index contributed by atoms with van der Waals surface area (Å²) in [5.74, 6) is 0. The summed E-state index contributed by atoms with van der Waals surface area (Å²) in [7, 11) is 0. The molecular formula is C14H7Cl3N2S2. The Morgan fingerprint density at radius 2 is 1.62 bits per heavy atom. The van der Waals surface area contributed by atoms with Gasteiger partial charge in [0.1, 0.15) is 10.7 Å². The Bertz CT molecular complexity index is 833. The van der Waals surface area contributed by atoms with Crippen molar-refractivity contribution in [2.45, 2.75) is 0 Å². The Labute approximate surface area is 145 Å². The lowest BCUT2D eigenvalue weighted by Crippen LogP contribution is -1.99. The Morgan fingerprint density at radius 3 is 2.24 bits per heavy atom. The van der Waals surface area contributed by atoms with E-state index in [1.165, 1.54) is 11.3 Å². The lowest BCUT2D eigenvalue weighted by atomic mass is 10.2. The summed E-state index contributed by atoms with van der Waals surface area (Å²) in [5, 5.41) is 6.62. The maximum absolute atomic E-state index is 6.23. The monoisotopic (exact) mass is 372 g/mol. The van der Waals surface area contributed by atoms with Gasteiger partial charge in [-0.1, -0.05) is 76.5 Å². The minimum Gasteiger partial charge on any atom is -0.208 e. The second-order valence-corrected chi connectivity index (χ2v) is 7.04. The SMILES string of the molecule is S=c1sc(-c2ccccc2)nn1-c1c(Cl)cc(Cl)cc1Cl. The summed E-state index contributed by atoms with van der Waals surface area (Å²) in [5.41, 5.74) is 1.54. The third-order valence-electron chi connectivity index (χ3n) is 2.76. The minimum absolute atomic E-state index is 0.411. The highest BCUT2D eigenvalue weighted by atomic mass is 35.5. The zero-order valence-electron chi connectivity index (χ0n) is 10.4. The molecule has 0 amide bonds. The second-order valence-electron chi connectivity index (χ2n) is 4.17. The molecule has 0 aliphatic rings. The van der Waals surface area contributed by atoms with E-state index in [9.17, 15) is 0 Å². The van der Waals surface area contributed by atoms with Crippen molar-refractivity contribution in [3.63, 3.8) is 0 Å². The first-order chi connectivity index (χ1) is 10.1. The summed E-state index contributed by atoms with van der Waals surface area (Å²) >= 11 is 25.2. The molecule has 3 rings (SSSR count). The predicted molar refractivity (Wildman–Crippen MR) is 92.7 cm³/mol. The molecule has 0 radical (unpaired) electrons. The molecule has 0 fully saturated rings. The molecule has 7 heteroatoms. The summed E-state index contributed by atoms with van der Waals surface area (Å²) in [6.45, 7) is 0. The van der Waals surface area contributed by atoms with Crippen molar-refractivity contribution in [3.8, 4) is 16.3 Å².